The summed E-state index contributed by atoms with van der Waals surface area (Å²) in [6.45, 7) is 0. The molecule has 0 saturated carbocycles. The summed E-state index contributed by atoms with van der Waals surface area (Å²) in [7, 11) is 0. The van der Waals surface area contributed by atoms with Crippen molar-refractivity contribution in [3.05, 3.63) is 83.2 Å². The van der Waals surface area contributed by atoms with Crippen molar-refractivity contribution in [1.29, 1.82) is 0 Å². The van der Waals surface area contributed by atoms with E-state index in [4.69, 9.17) is 16.3 Å². The van der Waals surface area contributed by atoms with Crippen molar-refractivity contribution in [1.82, 2.24) is 9.97 Å². The minimum atomic E-state index is -0.781. The van der Waals surface area contributed by atoms with Gasteiger partial charge in [0, 0.05) is 29.2 Å². The minimum absolute atomic E-state index is 0.0163. The fourth-order valence-electron chi connectivity index (χ4n) is 2.06. The molecule has 3 aromatic rings. The maximum atomic E-state index is 13.0. The number of amides is 1. The van der Waals surface area contributed by atoms with E-state index in [0.29, 0.717) is 5.69 Å². The van der Waals surface area contributed by atoms with Gasteiger partial charge in [0.05, 0.1) is 11.8 Å². The van der Waals surface area contributed by atoms with E-state index in [9.17, 15) is 14.0 Å². The molecular formula is C18H11ClFN3O3. The highest BCUT2D eigenvalue weighted by molar-refractivity contribution is 6.31. The number of halogens is 2. The zero-order valence-corrected chi connectivity index (χ0v) is 13.9. The summed E-state index contributed by atoms with van der Waals surface area (Å²) in [5, 5.41) is 2.87. The van der Waals surface area contributed by atoms with Gasteiger partial charge in [-0.3, -0.25) is 9.78 Å². The quantitative estimate of drug-likeness (QED) is 0.558. The molecule has 130 valence electrons. The number of nitrogens with zero attached hydrogens (tertiary/aromatic N) is 2. The Morgan fingerprint density at radius 3 is 2.54 bits per heavy atom. The lowest BCUT2D eigenvalue weighted by Crippen LogP contribution is -2.17. The van der Waals surface area contributed by atoms with Gasteiger partial charge in [-0.1, -0.05) is 11.6 Å². The van der Waals surface area contributed by atoms with Crippen LogP contribution in [0.1, 0.15) is 20.8 Å². The average Bonchev–Trinajstić information content (AvgIpc) is 2.64. The first kappa shape index (κ1) is 17.5. The van der Waals surface area contributed by atoms with Crippen LogP contribution >= 0.6 is 11.6 Å². The van der Waals surface area contributed by atoms with Gasteiger partial charge in [0.2, 0.25) is 0 Å². The second-order valence-electron chi connectivity index (χ2n) is 5.08. The Labute approximate surface area is 152 Å². The van der Waals surface area contributed by atoms with Crippen molar-refractivity contribution in [3.8, 4) is 5.75 Å². The van der Waals surface area contributed by atoms with E-state index in [1.807, 2.05) is 0 Å². The van der Waals surface area contributed by atoms with Crippen molar-refractivity contribution >= 4 is 29.2 Å². The van der Waals surface area contributed by atoms with Crippen LogP contribution in [0, 0.1) is 5.82 Å². The molecule has 0 bridgehead atoms. The van der Waals surface area contributed by atoms with Crippen molar-refractivity contribution in [3.63, 3.8) is 0 Å². The van der Waals surface area contributed by atoms with Crippen LogP contribution in [-0.4, -0.2) is 21.8 Å². The van der Waals surface area contributed by atoms with Gasteiger partial charge in [-0.15, -0.1) is 0 Å². The molecule has 0 aliphatic rings. The van der Waals surface area contributed by atoms with E-state index in [1.165, 1.54) is 61.1 Å². The maximum absolute atomic E-state index is 13.0. The predicted octanol–water partition coefficient (Wildman–Crippen LogP) is 3.74. The standard InChI is InChI=1S/C18H11ClFN3O3/c19-11-1-6-14(17(24)23-13-4-2-12(20)3-5-13)16(9-11)26-18(25)15-10-21-7-8-22-15/h1-10H,(H,23,24). The molecule has 6 nitrogen and oxygen atoms in total. The van der Waals surface area contributed by atoms with Crippen molar-refractivity contribution in [2.45, 2.75) is 0 Å². The van der Waals surface area contributed by atoms with Gasteiger partial charge in [-0.25, -0.2) is 14.2 Å². The second-order valence-corrected chi connectivity index (χ2v) is 5.52. The number of benzene rings is 2. The summed E-state index contributed by atoms with van der Waals surface area (Å²) in [6.07, 6.45) is 4.00. The summed E-state index contributed by atoms with van der Waals surface area (Å²) >= 11 is 5.94. The van der Waals surface area contributed by atoms with Gasteiger partial charge in [0.1, 0.15) is 11.6 Å². The number of carbonyl (C=O) groups is 2. The summed E-state index contributed by atoms with van der Waals surface area (Å²) in [6, 6.07) is 9.50. The Morgan fingerprint density at radius 1 is 1.08 bits per heavy atom. The Balaban J connectivity index is 1.84. The minimum Gasteiger partial charge on any atom is -0.421 e. The van der Waals surface area contributed by atoms with Gasteiger partial charge in [0.25, 0.3) is 5.91 Å². The first-order chi connectivity index (χ1) is 12.5. The first-order valence-electron chi connectivity index (χ1n) is 7.37. The third kappa shape index (κ3) is 4.20. The van der Waals surface area contributed by atoms with E-state index in [2.05, 4.69) is 15.3 Å². The third-order valence-corrected chi connectivity index (χ3v) is 3.50. The summed E-state index contributed by atoms with van der Waals surface area (Å²) in [5.41, 5.74) is 0.450. The van der Waals surface area contributed by atoms with E-state index in [-0.39, 0.29) is 22.0 Å². The third-order valence-electron chi connectivity index (χ3n) is 3.27. The Kier molecular flexibility index (Phi) is 5.19. The largest absolute Gasteiger partial charge is 0.421 e. The van der Waals surface area contributed by atoms with E-state index in [1.54, 1.807) is 0 Å². The molecule has 0 unspecified atom stereocenters. The van der Waals surface area contributed by atoms with Crippen LogP contribution in [0.25, 0.3) is 0 Å². The van der Waals surface area contributed by atoms with Gasteiger partial charge in [-0.2, -0.15) is 0 Å². The van der Waals surface area contributed by atoms with Crippen LogP contribution in [0.15, 0.2) is 61.1 Å². The molecule has 0 fully saturated rings. The Bertz CT molecular complexity index is 950. The summed E-state index contributed by atoms with van der Waals surface area (Å²) < 4.78 is 18.2. The molecule has 0 spiro atoms. The molecule has 1 heterocycles. The number of hydrogen-bond donors (Lipinski definition) is 1. The summed E-state index contributed by atoms with van der Waals surface area (Å²) in [5.74, 6) is -1.78. The summed E-state index contributed by atoms with van der Waals surface area (Å²) in [4.78, 5) is 32.3. The van der Waals surface area contributed by atoms with E-state index >= 15 is 0 Å². The molecular weight excluding hydrogens is 361 g/mol. The molecule has 1 N–H and O–H groups in total. The fraction of sp³-hybridized carbons (Fsp3) is 0. The maximum Gasteiger partial charge on any atom is 0.363 e. The lowest BCUT2D eigenvalue weighted by molar-refractivity contribution is 0.0726. The van der Waals surface area contributed by atoms with Crippen LogP contribution in [-0.2, 0) is 0 Å². The number of ether oxygens (including phenoxy) is 1. The zero-order chi connectivity index (χ0) is 18.5. The molecule has 0 aliphatic carbocycles. The van der Waals surface area contributed by atoms with Crippen molar-refractivity contribution in [2.75, 3.05) is 5.32 Å². The van der Waals surface area contributed by atoms with Crippen LogP contribution in [0.4, 0.5) is 10.1 Å². The van der Waals surface area contributed by atoms with Crippen LogP contribution in [0.5, 0.6) is 5.75 Å². The number of esters is 1. The van der Waals surface area contributed by atoms with Crippen LogP contribution in [0.2, 0.25) is 5.02 Å². The van der Waals surface area contributed by atoms with Gasteiger partial charge >= 0.3 is 5.97 Å². The molecule has 26 heavy (non-hydrogen) atoms. The lowest BCUT2D eigenvalue weighted by Gasteiger charge is -2.11. The predicted molar refractivity (Wildman–Crippen MR) is 92.8 cm³/mol. The number of carbonyl (C=O) groups excluding carboxylic acids is 2. The number of anilines is 1. The number of aromatic nitrogens is 2. The molecule has 0 atom stereocenters. The number of hydrogen-bond acceptors (Lipinski definition) is 5. The Morgan fingerprint density at radius 2 is 1.85 bits per heavy atom. The number of nitrogens with one attached hydrogen (secondary N) is 1. The highest BCUT2D eigenvalue weighted by atomic mass is 35.5. The monoisotopic (exact) mass is 371 g/mol. The highest BCUT2D eigenvalue weighted by Gasteiger charge is 2.18. The van der Waals surface area contributed by atoms with Crippen molar-refractivity contribution in [2.24, 2.45) is 0 Å². The molecule has 1 aromatic heterocycles. The lowest BCUT2D eigenvalue weighted by atomic mass is 10.1. The second kappa shape index (κ2) is 7.71. The molecule has 1 amide bonds. The molecule has 0 radical (unpaired) electrons. The molecule has 3 rings (SSSR count). The van der Waals surface area contributed by atoms with Gasteiger partial charge < -0.3 is 10.1 Å². The van der Waals surface area contributed by atoms with Gasteiger partial charge in [0.15, 0.2) is 5.69 Å². The smallest absolute Gasteiger partial charge is 0.363 e. The van der Waals surface area contributed by atoms with Crippen LogP contribution < -0.4 is 10.1 Å². The molecule has 8 heteroatoms. The zero-order valence-electron chi connectivity index (χ0n) is 13.1. The van der Waals surface area contributed by atoms with E-state index < -0.39 is 17.7 Å². The van der Waals surface area contributed by atoms with Gasteiger partial charge in [-0.05, 0) is 36.4 Å². The molecule has 0 saturated heterocycles. The topological polar surface area (TPSA) is 81.2 Å². The highest BCUT2D eigenvalue weighted by Crippen LogP contribution is 2.25. The van der Waals surface area contributed by atoms with Crippen LogP contribution in [0.3, 0.4) is 0 Å². The average molecular weight is 372 g/mol. The fourth-order valence-corrected chi connectivity index (χ4v) is 2.22. The first-order valence-corrected chi connectivity index (χ1v) is 7.75. The molecule has 2 aromatic carbocycles. The Hall–Kier alpha value is -3.32. The molecule has 0 aliphatic heterocycles. The number of rotatable bonds is 4. The van der Waals surface area contributed by atoms with E-state index in [0.717, 1.165) is 0 Å². The normalized spacial score (nSPS) is 10.2. The van der Waals surface area contributed by atoms with Crippen molar-refractivity contribution < 1.29 is 18.7 Å². The SMILES string of the molecule is O=C(Oc1cc(Cl)ccc1C(=O)Nc1ccc(F)cc1)c1cnccn1.